The molecule has 94 valence electrons. The highest BCUT2D eigenvalue weighted by atomic mass is 127. The number of amides is 1. The van der Waals surface area contributed by atoms with Crippen molar-refractivity contribution < 1.29 is 9.90 Å². The van der Waals surface area contributed by atoms with E-state index in [9.17, 15) is 4.79 Å². The van der Waals surface area contributed by atoms with E-state index in [0.717, 1.165) is 0 Å². The summed E-state index contributed by atoms with van der Waals surface area (Å²) in [7, 11) is 1.63. The van der Waals surface area contributed by atoms with Crippen molar-refractivity contribution in [1.82, 2.24) is 4.90 Å². The number of halogens is 3. The van der Waals surface area contributed by atoms with E-state index in [1.807, 2.05) is 22.6 Å². The first-order valence-corrected chi connectivity index (χ1v) is 6.74. The highest BCUT2D eigenvalue weighted by Gasteiger charge is 2.20. The van der Waals surface area contributed by atoms with Crippen molar-refractivity contribution >= 4 is 51.7 Å². The molecule has 0 heterocycles. The Balaban J connectivity index is 3.12. The lowest BCUT2D eigenvalue weighted by molar-refractivity contribution is 0.0681. The first-order chi connectivity index (χ1) is 7.88. The number of rotatable bonds is 3. The molecule has 17 heavy (non-hydrogen) atoms. The smallest absolute Gasteiger partial charge is 0.255 e. The van der Waals surface area contributed by atoms with Crippen LogP contribution in [-0.4, -0.2) is 35.6 Å². The molecule has 1 rings (SSSR count). The molecular formula is C11H12Cl2INO2. The lowest BCUT2D eigenvalue weighted by Crippen LogP contribution is -2.37. The maximum Gasteiger partial charge on any atom is 0.255 e. The van der Waals surface area contributed by atoms with Gasteiger partial charge in [-0.1, -0.05) is 23.2 Å². The third-order valence-corrected chi connectivity index (χ3v) is 4.47. The van der Waals surface area contributed by atoms with Gasteiger partial charge in [0.25, 0.3) is 5.91 Å². The van der Waals surface area contributed by atoms with E-state index in [1.54, 1.807) is 26.1 Å². The minimum atomic E-state index is -0.254. The Morgan fingerprint density at radius 3 is 2.65 bits per heavy atom. The molecule has 0 bridgehead atoms. The molecule has 1 N–H and O–H groups in total. The van der Waals surface area contributed by atoms with Crippen molar-refractivity contribution in [1.29, 1.82) is 0 Å². The summed E-state index contributed by atoms with van der Waals surface area (Å²) in [6.45, 7) is 1.67. The second-order valence-corrected chi connectivity index (χ2v) is 5.62. The monoisotopic (exact) mass is 387 g/mol. The summed E-state index contributed by atoms with van der Waals surface area (Å²) in [5.74, 6) is -0.208. The summed E-state index contributed by atoms with van der Waals surface area (Å²) in [5.41, 5.74) is 0.450. The number of aliphatic hydroxyl groups excluding tert-OH is 1. The Morgan fingerprint density at radius 1 is 1.53 bits per heavy atom. The van der Waals surface area contributed by atoms with Gasteiger partial charge in [0.1, 0.15) is 0 Å². The predicted octanol–water partition coefficient (Wildman–Crippen LogP) is 3.05. The summed E-state index contributed by atoms with van der Waals surface area (Å²) in [4.78, 5) is 13.6. The zero-order valence-corrected chi connectivity index (χ0v) is 13.0. The summed E-state index contributed by atoms with van der Waals surface area (Å²) < 4.78 is 0.663. The fraction of sp³-hybridized carbons (Fsp3) is 0.364. The van der Waals surface area contributed by atoms with Crippen LogP contribution >= 0.6 is 45.8 Å². The van der Waals surface area contributed by atoms with Crippen LogP contribution in [-0.2, 0) is 0 Å². The van der Waals surface area contributed by atoms with Crippen LogP contribution in [0.2, 0.25) is 10.0 Å². The van der Waals surface area contributed by atoms with Crippen molar-refractivity contribution in [3.8, 4) is 0 Å². The molecule has 0 spiro atoms. The Hall–Kier alpha value is -0.0400. The molecule has 0 fully saturated rings. The fourth-order valence-electron chi connectivity index (χ4n) is 1.22. The van der Waals surface area contributed by atoms with E-state index in [4.69, 9.17) is 28.3 Å². The molecule has 0 radical (unpaired) electrons. The zero-order valence-electron chi connectivity index (χ0n) is 9.38. The average Bonchev–Trinajstić information content (AvgIpc) is 2.30. The van der Waals surface area contributed by atoms with Crippen LogP contribution in [0.15, 0.2) is 12.1 Å². The van der Waals surface area contributed by atoms with Gasteiger partial charge in [0.15, 0.2) is 0 Å². The molecular weight excluding hydrogens is 376 g/mol. The molecule has 0 saturated carbocycles. The van der Waals surface area contributed by atoms with Gasteiger partial charge in [0, 0.05) is 15.6 Å². The summed E-state index contributed by atoms with van der Waals surface area (Å²) in [6, 6.07) is 2.92. The van der Waals surface area contributed by atoms with Gasteiger partial charge in [-0.2, -0.15) is 0 Å². The molecule has 1 aromatic rings. The molecule has 3 nitrogen and oxygen atoms in total. The minimum absolute atomic E-state index is 0.0902. The van der Waals surface area contributed by atoms with Gasteiger partial charge in [-0.25, -0.2) is 0 Å². The highest BCUT2D eigenvalue weighted by molar-refractivity contribution is 14.1. The lowest BCUT2D eigenvalue weighted by Gasteiger charge is -2.24. The van der Waals surface area contributed by atoms with Gasteiger partial charge in [-0.3, -0.25) is 4.79 Å². The van der Waals surface area contributed by atoms with Crippen LogP contribution in [0.4, 0.5) is 0 Å². The maximum absolute atomic E-state index is 12.2. The number of hydrogen-bond acceptors (Lipinski definition) is 2. The molecule has 0 saturated heterocycles. The van der Waals surface area contributed by atoms with Crippen LogP contribution < -0.4 is 0 Å². The van der Waals surface area contributed by atoms with Crippen LogP contribution in [0.25, 0.3) is 0 Å². The van der Waals surface area contributed by atoms with Crippen LogP contribution in [0.3, 0.4) is 0 Å². The highest BCUT2D eigenvalue weighted by Crippen LogP contribution is 2.27. The Bertz CT molecular complexity index is 440. The van der Waals surface area contributed by atoms with Gasteiger partial charge in [-0.15, -0.1) is 0 Å². The Kier molecular flexibility index (Phi) is 5.50. The summed E-state index contributed by atoms with van der Waals surface area (Å²) in [5, 5.41) is 9.90. The van der Waals surface area contributed by atoms with Gasteiger partial charge >= 0.3 is 0 Å². The van der Waals surface area contributed by atoms with Gasteiger partial charge < -0.3 is 10.0 Å². The summed E-state index contributed by atoms with van der Waals surface area (Å²) >= 11 is 13.9. The molecule has 0 aliphatic rings. The predicted molar refractivity (Wildman–Crippen MR) is 77.8 cm³/mol. The second kappa shape index (κ2) is 6.22. The van der Waals surface area contributed by atoms with Gasteiger partial charge in [0.05, 0.1) is 23.2 Å². The largest absolute Gasteiger partial charge is 0.394 e. The number of aliphatic hydroxyl groups is 1. The van der Waals surface area contributed by atoms with Gasteiger partial charge in [-0.05, 0) is 41.6 Å². The van der Waals surface area contributed by atoms with Crippen molar-refractivity contribution in [2.45, 2.75) is 13.0 Å². The Labute approximate surface area is 124 Å². The third-order valence-electron chi connectivity index (χ3n) is 2.47. The minimum Gasteiger partial charge on any atom is -0.394 e. The molecule has 1 unspecified atom stereocenters. The molecule has 1 amide bonds. The normalized spacial score (nSPS) is 12.4. The van der Waals surface area contributed by atoms with Crippen molar-refractivity contribution in [3.63, 3.8) is 0 Å². The molecule has 0 aliphatic heterocycles. The number of likely N-dealkylation sites (N-methyl/N-ethyl adjacent to an activating group) is 1. The van der Waals surface area contributed by atoms with E-state index < -0.39 is 0 Å². The van der Waals surface area contributed by atoms with Crippen molar-refractivity contribution in [2.75, 3.05) is 13.7 Å². The van der Waals surface area contributed by atoms with Crippen molar-refractivity contribution in [2.24, 2.45) is 0 Å². The molecule has 0 aliphatic carbocycles. The second-order valence-electron chi connectivity index (χ2n) is 3.70. The number of carbonyl (C=O) groups excluding carboxylic acids is 1. The number of carbonyl (C=O) groups is 1. The average molecular weight is 388 g/mol. The molecule has 1 aromatic carbocycles. The number of benzene rings is 1. The molecule has 6 heteroatoms. The molecule has 1 atom stereocenters. The van der Waals surface area contributed by atoms with E-state index in [1.165, 1.54) is 4.90 Å². The van der Waals surface area contributed by atoms with E-state index in [0.29, 0.717) is 19.2 Å². The summed E-state index contributed by atoms with van der Waals surface area (Å²) in [6.07, 6.45) is 0. The standard InChI is InChI=1S/C11H12Cl2INO2/c1-6(5-16)15(2)11(17)8-3-7(12)4-9(13)10(8)14/h3-4,6,16H,5H2,1-2H3. The molecule has 0 aromatic heterocycles. The first kappa shape index (κ1) is 15.0. The quantitative estimate of drug-likeness (QED) is 0.639. The van der Waals surface area contributed by atoms with E-state index in [-0.39, 0.29) is 18.6 Å². The van der Waals surface area contributed by atoms with Crippen molar-refractivity contribution in [3.05, 3.63) is 31.3 Å². The fourth-order valence-corrected chi connectivity index (χ4v) is 2.26. The lowest BCUT2D eigenvalue weighted by atomic mass is 10.2. The zero-order chi connectivity index (χ0) is 13.2. The van der Waals surface area contributed by atoms with E-state index in [2.05, 4.69) is 0 Å². The van der Waals surface area contributed by atoms with Crippen LogP contribution in [0.1, 0.15) is 17.3 Å². The SMILES string of the molecule is CC(CO)N(C)C(=O)c1cc(Cl)cc(Cl)c1I. The van der Waals surface area contributed by atoms with E-state index >= 15 is 0 Å². The first-order valence-electron chi connectivity index (χ1n) is 4.91. The number of hydrogen-bond donors (Lipinski definition) is 1. The third kappa shape index (κ3) is 3.47. The number of nitrogens with zero attached hydrogens (tertiary/aromatic N) is 1. The maximum atomic E-state index is 12.2. The topological polar surface area (TPSA) is 40.5 Å². The van der Waals surface area contributed by atoms with Gasteiger partial charge in [0.2, 0.25) is 0 Å². The van der Waals surface area contributed by atoms with Crippen LogP contribution in [0, 0.1) is 3.57 Å². The Morgan fingerprint density at radius 2 is 2.12 bits per heavy atom. The van der Waals surface area contributed by atoms with Crippen LogP contribution in [0.5, 0.6) is 0 Å².